The number of thioether (sulfide) groups is 1. The molecule has 2 aromatic carbocycles. The summed E-state index contributed by atoms with van der Waals surface area (Å²) < 4.78 is 0. The second-order valence-corrected chi connectivity index (χ2v) is 8.34. The number of nitrogens with zero attached hydrogens (tertiary/aromatic N) is 4. The fourth-order valence-corrected chi connectivity index (χ4v) is 4.04. The summed E-state index contributed by atoms with van der Waals surface area (Å²) in [6.07, 6.45) is 2.00. The van der Waals surface area contributed by atoms with Crippen molar-refractivity contribution in [1.82, 2.24) is 9.80 Å². The third-order valence-corrected chi connectivity index (χ3v) is 6.15. The highest BCUT2D eigenvalue weighted by Crippen LogP contribution is 2.30. The summed E-state index contributed by atoms with van der Waals surface area (Å²) in [5.41, 5.74) is 1.64. The molecule has 0 unspecified atom stereocenters. The van der Waals surface area contributed by atoms with E-state index >= 15 is 0 Å². The molecule has 0 atom stereocenters. The van der Waals surface area contributed by atoms with E-state index in [1.165, 1.54) is 13.0 Å². The summed E-state index contributed by atoms with van der Waals surface area (Å²) in [5.74, 6) is -0.272. The van der Waals surface area contributed by atoms with Crippen molar-refractivity contribution < 1.29 is 14.5 Å². The zero-order valence-electron chi connectivity index (χ0n) is 17.9. The van der Waals surface area contributed by atoms with Crippen molar-refractivity contribution in [3.63, 3.8) is 0 Å². The number of piperazine rings is 1. The predicted molar refractivity (Wildman–Crippen MR) is 122 cm³/mol. The molecular formula is C22H26N4O4S. The van der Waals surface area contributed by atoms with Gasteiger partial charge in [0.25, 0.3) is 11.6 Å². The lowest BCUT2D eigenvalue weighted by atomic mass is 10.1. The number of hydrogen-bond donors (Lipinski definition) is 0. The molecule has 2 amide bonds. The zero-order chi connectivity index (χ0) is 22.5. The van der Waals surface area contributed by atoms with Crippen LogP contribution in [0.25, 0.3) is 0 Å². The molecule has 0 N–H and O–H groups in total. The first-order valence-electron chi connectivity index (χ1n) is 9.97. The molecule has 1 aliphatic heterocycles. The van der Waals surface area contributed by atoms with E-state index in [-0.39, 0.29) is 23.1 Å². The Labute approximate surface area is 186 Å². The lowest BCUT2D eigenvalue weighted by molar-refractivity contribution is -0.384. The van der Waals surface area contributed by atoms with Gasteiger partial charge in [0.05, 0.1) is 4.92 Å². The molecule has 1 aliphatic rings. The lowest BCUT2D eigenvalue weighted by Crippen LogP contribution is -2.48. The van der Waals surface area contributed by atoms with Crippen LogP contribution in [0, 0.1) is 10.1 Å². The van der Waals surface area contributed by atoms with Crippen molar-refractivity contribution in [2.75, 3.05) is 44.4 Å². The van der Waals surface area contributed by atoms with E-state index in [2.05, 4.69) is 0 Å². The molecule has 0 bridgehead atoms. The fraction of sp³-hybridized carbons (Fsp3) is 0.364. The topological polar surface area (TPSA) is 87.0 Å². The van der Waals surface area contributed by atoms with Gasteiger partial charge in [-0.2, -0.15) is 0 Å². The minimum absolute atomic E-state index is 0.00113. The predicted octanol–water partition coefficient (Wildman–Crippen LogP) is 3.26. The van der Waals surface area contributed by atoms with Gasteiger partial charge >= 0.3 is 0 Å². The van der Waals surface area contributed by atoms with Gasteiger partial charge in [-0.15, -0.1) is 11.8 Å². The Kier molecular flexibility index (Phi) is 7.17. The molecule has 31 heavy (non-hydrogen) atoms. The van der Waals surface area contributed by atoms with Crippen molar-refractivity contribution in [3.8, 4) is 0 Å². The summed E-state index contributed by atoms with van der Waals surface area (Å²) in [7, 11) is 1.69. The van der Waals surface area contributed by atoms with Crippen molar-refractivity contribution in [2.24, 2.45) is 0 Å². The number of amides is 2. The summed E-state index contributed by atoms with van der Waals surface area (Å²) >= 11 is 1.65. The standard InChI is InChI=1S/C22H26N4O4S/c1-16(27)24-10-12-25(13-11-24)20-9-6-18(14-21(20)26(29)30)22(28)23(2)15-17-4-7-19(31-3)8-5-17/h4-9,14H,10-13,15H2,1-3H3. The van der Waals surface area contributed by atoms with Crippen LogP contribution in [-0.4, -0.2) is 66.0 Å². The van der Waals surface area contributed by atoms with Gasteiger partial charge in [-0.05, 0) is 36.1 Å². The van der Waals surface area contributed by atoms with Crippen LogP contribution in [0.4, 0.5) is 11.4 Å². The SMILES string of the molecule is CSc1ccc(CN(C)C(=O)c2ccc(N3CCN(C(C)=O)CC3)c([N+](=O)[O-])c2)cc1. The van der Waals surface area contributed by atoms with Gasteiger partial charge in [0, 0.05) is 63.2 Å². The van der Waals surface area contributed by atoms with Gasteiger partial charge in [-0.3, -0.25) is 19.7 Å². The highest BCUT2D eigenvalue weighted by molar-refractivity contribution is 7.98. The van der Waals surface area contributed by atoms with Crippen molar-refractivity contribution >= 4 is 35.0 Å². The van der Waals surface area contributed by atoms with Crippen molar-refractivity contribution in [1.29, 1.82) is 0 Å². The molecule has 0 spiro atoms. The monoisotopic (exact) mass is 442 g/mol. The van der Waals surface area contributed by atoms with Gasteiger partial charge in [-0.1, -0.05) is 12.1 Å². The number of nitro benzene ring substituents is 1. The normalized spacial score (nSPS) is 13.8. The number of carbonyl (C=O) groups excluding carboxylic acids is 2. The zero-order valence-corrected chi connectivity index (χ0v) is 18.7. The Balaban J connectivity index is 1.75. The maximum atomic E-state index is 12.9. The third-order valence-electron chi connectivity index (χ3n) is 5.41. The molecule has 0 saturated carbocycles. The van der Waals surface area contributed by atoms with Crippen LogP contribution < -0.4 is 4.90 Å². The van der Waals surface area contributed by atoms with E-state index in [0.29, 0.717) is 38.4 Å². The Morgan fingerprint density at radius 1 is 1.10 bits per heavy atom. The molecule has 1 saturated heterocycles. The van der Waals surface area contributed by atoms with E-state index in [9.17, 15) is 19.7 Å². The first-order valence-corrected chi connectivity index (χ1v) is 11.2. The minimum atomic E-state index is -0.454. The number of carbonyl (C=O) groups is 2. The van der Waals surface area contributed by atoms with Crippen LogP contribution in [0.3, 0.4) is 0 Å². The quantitative estimate of drug-likeness (QED) is 0.388. The van der Waals surface area contributed by atoms with Crippen LogP contribution in [-0.2, 0) is 11.3 Å². The maximum absolute atomic E-state index is 12.9. The van der Waals surface area contributed by atoms with Gasteiger partial charge < -0.3 is 14.7 Å². The molecule has 164 valence electrons. The van der Waals surface area contributed by atoms with Gasteiger partial charge in [0.15, 0.2) is 0 Å². The highest BCUT2D eigenvalue weighted by Gasteiger charge is 2.26. The Morgan fingerprint density at radius 3 is 2.29 bits per heavy atom. The molecule has 1 fully saturated rings. The van der Waals surface area contributed by atoms with Gasteiger partial charge in [-0.25, -0.2) is 0 Å². The van der Waals surface area contributed by atoms with Crippen molar-refractivity contribution in [3.05, 3.63) is 63.7 Å². The molecule has 2 aromatic rings. The van der Waals surface area contributed by atoms with Crippen LogP contribution in [0.1, 0.15) is 22.8 Å². The first-order chi connectivity index (χ1) is 14.8. The van der Waals surface area contributed by atoms with Gasteiger partial charge in [0.2, 0.25) is 5.91 Å². The number of hydrogen-bond acceptors (Lipinski definition) is 6. The molecule has 8 nitrogen and oxygen atoms in total. The fourth-order valence-electron chi connectivity index (χ4n) is 3.63. The molecule has 1 heterocycles. The molecular weight excluding hydrogens is 416 g/mol. The van der Waals surface area contributed by atoms with Crippen LogP contribution in [0.2, 0.25) is 0 Å². The number of benzene rings is 2. The summed E-state index contributed by atoms with van der Waals surface area (Å²) in [6.45, 7) is 4.00. The highest BCUT2D eigenvalue weighted by atomic mass is 32.2. The first kappa shape index (κ1) is 22.6. The Bertz CT molecular complexity index is 972. The van der Waals surface area contributed by atoms with Crippen LogP contribution >= 0.6 is 11.8 Å². The lowest BCUT2D eigenvalue weighted by Gasteiger charge is -2.35. The smallest absolute Gasteiger partial charge is 0.293 e. The average molecular weight is 443 g/mol. The molecule has 0 aliphatic carbocycles. The second-order valence-electron chi connectivity index (χ2n) is 7.46. The van der Waals surface area contributed by atoms with E-state index in [4.69, 9.17) is 0 Å². The van der Waals surface area contributed by atoms with E-state index in [1.54, 1.807) is 40.7 Å². The second kappa shape index (κ2) is 9.82. The summed E-state index contributed by atoms with van der Waals surface area (Å²) in [6, 6.07) is 12.6. The largest absolute Gasteiger partial charge is 0.362 e. The molecule has 3 rings (SSSR count). The Morgan fingerprint density at radius 2 is 1.74 bits per heavy atom. The van der Waals surface area contributed by atoms with E-state index in [1.807, 2.05) is 35.4 Å². The third kappa shape index (κ3) is 5.35. The molecule has 9 heteroatoms. The van der Waals surface area contributed by atoms with Crippen molar-refractivity contribution in [2.45, 2.75) is 18.4 Å². The molecule has 0 radical (unpaired) electrons. The average Bonchev–Trinajstić information content (AvgIpc) is 2.78. The summed E-state index contributed by atoms with van der Waals surface area (Å²) in [4.78, 5) is 42.0. The molecule has 0 aromatic heterocycles. The van der Waals surface area contributed by atoms with Crippen LogP contribution in [0.15, 0.2) is 47.4 Å². The van der Waals surface area contributed by atoms with Crippen LogP contribution in [0.5, 0.6) is 0 Å². The van der Waals surface area contributed by atoms with Gasteiger partial charge in [0.1, 0.15) is 5.69 Å². The number of nitro groups is 1. The summed E-state index contributed by atoms with van der Waals surface area (Å²) in [5, 5.41) is 11.7. The number of rotatable bonds is 6. The van der Waals surface area contributed by atoms with E-state index < -0.39 is 4.92 Å². The maximum Gasteiger partial charge on any atom is 0.293 e. The Hall–Kier alpha value is -3.07. The van der Waals surface area contributed by atoms with E-state index in [0.717, 1.165) is 10.5 Å². The number of anilines is 1. The minimum Gasteiger partial charge on any atom is -0.362 e.